The number of nitrogens with one attached hydrogen (secondary N) is 1. The van der Waals surface area contributed by atoms with Gasteiger partial charge in [-0.05, 0) is 49.9 Å². The molecule has 0 spiro atoms. The Morgan fingerprint density at radius 2 is 2.00 bits per heavy atom. The van der Waals surface area contributed by atoms with E-state index in [0.717, 1.165) is 31.0 Å². The van der Waals surface area contributed by atoms with Crippen LogP contribution in [0.1, 0.15) is 31.4 Å². The van der Waals surface area contributed by atoms with E-state index in [1.54, 1.807) is 0 Å². The lowest BCUT2D eigenvalue weighted by Gasteiger charge is -2.28. The Balaban J connectivity index is 1.50. The van der Waals surface area contributed by atoms with E-state index in [4.69, 9.17) is 9.47 Å². The highest BCUT2D eigenvalue weighted by Crippen LogP contribution is 2.37. The molecule has 126 valence electrons. The first-order valence-corrected chi connectivity index (χ1v) is 9.71. The summed E-state index contributed by atoms with van der Waals surface area (Å²) >= 11 is 0. The predicted molar refractivity (Wildman–Crippen MR) is 86.0 cm³/mol. The summed E-state index contributed by atoms with van der Waals surface area (Å²) in [6.07, 6.45) is 1.63. The normalized spacial score (nSPS) is 30.7. The number of rotatable bonds is 2. The predicted octanol–water partition coefficient (Wildman–Crippen LogP) is 1.49. The molecular weight excluding hydrogens is 316 g/mol. The first-order chi connectivity index (χ1) is 11.0. The van der Waals surface area contributed by atoms with E-state index in [2.05, 4.69) is 22.6 Å². The number of likely N-dealkylation sites (tertiary alicyclic amines) is 1. The number of hydrogen-bond acceptors (Lipinski definition) is 5. The van der Waals surface area contributed by atoms with E-state index in [1.165, 1.54) is 5.56 Å². The van der Waals surface area contributed by atoms with E-state index >= 15 is 0 Å². The van der Waals surface area contributed by atoms with Crippen LogP contribution in [0.3, 0.4) is 0 Å². The highest BCUT2D eigenvalue weighted by Gasteiger charge is 2.41. The molecule has 0 bridgehead atoms. The highest BCUT2D eigenvalue weighted by atomic mass is 32.2. The SMILES string of the molecule is CC(c1ccc2c(c1)OCO2)N1CCC2CNS(=O)(=O)C2CC1. The number of ether oxygens (including phenoxy) is 2. The van der Waals surface area contributed by atoms with Crippen LogP contribution in [0, 0.1) is 5.92 Å². The van der Waals surface area contributed by atoms with Crippen molar-refractivity contribution in [2.45, 2.75) is 31.1 Å². The Hall–Kier alpha value is -1.31. The molecule has 0 radical (unpaired) electrons. The van der Waals surface area contributed by atoms with Crippen LogP contribution < -0.4 is 14.2 Å². The molecule has 3 aliphatic rings. The van der Waals surface area contributed by atoms with Crippen molar-refractivity contribution in [3.05, 3.63) is 23.8 Å². The average Bonchev–Trinajstić information content (AvgIpc) is 3.03. The lowest BCUT2D eigenvalue weighted by atomic mass is 10.0. The molecule has 3 atom stereocenters. The second-order valence-corrected chi connectivity index (χ2v) is 8.58. The largest absolute Gasteiger partial charge is 0.454 e. The van der Waals surface area contributed by atoms with E-state index < -0.39 is 10.0 Å². The topological polar surface area (TPSA) is 67.9 Å². The monoisotopic (exact) mass is 338 g/mol. The molecule has 0 aliphatic carbocycles. The van der Waals surface area contributed by atoms with E-state index in [0.29, 0.717) is 13.0 Å². The van der Waals surface area contributed by atoms with Crippen LogP contribution >= 0.6 is 0 Å². The minimum absolute atomic E-state index is 0.226. The smallest absolute Gasteiger partial charge is 0.231 e. The quantitative estimate of drug-likeness (QED) is 0.885. The maximum Gasteiger partial charge on any atom is 0.231 e. The number of benzene rings is 1. The van der Waals surface area contributed by atoms with Crippen molar-refractivity contribution in [2.75, 3.05) is 26.4 Å². The van der Waals surface area contributed by atoms with Crippen molar-refractivity contribution in [1.82, 2.24) is 9.62 Å². The molecule has 3 unspecified atom stereocenters. The third-order valence-corrected chi connectivity index (χ3v) is 7.37. The minimum atomic E-state index is -3.11. The molecule has 23 heavy (non-hydrogen) atoms. The van der Waals surface area contributed by atoms with Gasteiger partial charge in [-0.25, -0.2) is 13.1 Å². The van der Waals surface area contributed by atoms with Crippen LogP contribution in [0.25, 0.3) is 0 Å². The zero-order valence-corrected chi connectivity index (χ0v) is 14.0. The maximum absolute atomic E-state index is 12.1. The van der Waals surface area contributed by atoms with Crippen LogP contribution in [-0.4, -0.2) is 45.0 Å². The van der Waals surface area contributed by atoms with Gasteiger partial charge in [-0.2, -0.15) is 0 Å². The van der Waals surface area contributed by atoms with Crippen molar-refractivity contribution in [1.29, 1.82) is 0 Å². The molecule has 6 nitrogen and oxygen atoms in total. The van der Waals surface area contributed by atoms with Crippen LogP contribution in [-0.2, 0) is 10.0 Å². The number of fused-ring (bicyclic) bond motifs is 2. The van der Waals surface area contributed by atoms with Gasteiger partial charge in [-0.3, -0.25) is 4.90 Å². The fourth-order valence-electron chi connectivity index (χ4n) is 3.90. The average molecular weight is 338 g/mol. The summed E-state index contributed by atoms with van der Waals surface area (Å²) in [4.78, 5) is 2.38. The molecule has 0 aromatic heterocycles. The van der Waals surface area contributed by atoms with Gasteiger partial charge in [0.2, 0.25) is 16.8 Å². The van der Waals surface area contributed by atoms with Crippen molar-refractivity contribution in [2.24, 2.45) is 5.92 Å². The third kappa shape index (κ3) is 2.70. The molecule has 3 heterocycles. The molecule has 7 heteroatoms. The van der Waals surface area contributed by atoms with Crippen LogP contribution in [0.15, 0.2) is 18.2 Å². The summed E-state index contributed by atoms with van der Waals surface area (Å²) < 4.78 is 37.6. The third-order valence-electron chi connectivity index (χ3n) is 5.39. The molecule has 1 aromatic rings. The number of sulfonamides is 1. The van der Waals surface area contributed by atoms with Crippen molar-refractivity contribution in [3.8, 4) is 11.5 Å². The summed E-state index contributed by atoms with van der Waals surface area (Å²) in [5.41, 5.74) is 1.18. The summed E-state index contributed by atoms with van der Waals surface area (Å²) in [6, 6.07) is 6.30. The van der Waals surface area contributed by atoms with Crippen LogP contribution in [0.5, 0.6) is 11.5 Å². The Morgan fingerprint density at radius 1 is 1.22 bits per heavy atom. The molecule has 2 fully saturated rings. The summed E-state index contributed by atoms with van der Waals surface area (Å²) in [5, 5.41) is -0.226. The summed E-state index contributed by atoms with van der Waals surface area (Å²) in [7, 11) is -3.11. The van der Waals surface area contributed by atoms with Gasteiger partial charge >= 0.3 is 0 Å². The highest BCUT2D eigenvalue weighted by molar-refractivity contribution is 7.90. The fourth-order valence-corrected chi connectivity index (χ4v) is 5.72. The standard InChI is InChI=1S/C16H22N2O4S/c1-11(12-2-3-14-15(8-12)22-10-21-14)18-6-4-13-9-17-23(19,20)16(13)5-7-18/h2-3,8,11,13,16-17H,4-7,9-10H2,1H3. The summed E-state index contributed by atoms with van der Waals surface area (Å²) in [6.45, 7) is 4.78. The van der Waals surface area contributed by atoms with Gasteiger partial charge < -0.3 is 9.47 Å². The number of hydrogen-bond donors (Lipinski definition) is 1. The second kappa shape index (κ2) is 5.65. The van der Waals surface area contributed by atoms with Gasteiger partial charge in [-0.15, -0.1) is 0 Å². The van der Waals surface area contributed by atoms with Crippen molar-refractivity contribution in [3.63, 3.8) is 0 Å². The van der Waals surface area contributed by atoms with Gasteiger partial charge in [0.25, 0.3) is 0 Å². The van der Waals surface area contributed by atoms with Gasteiger partial charge in [0.1, 0.15) is 0 Å². The molecule has 1 N–H and O–H groups in total. The Bertz CT molecular complexity index is 706. The Morgan fingerprint density at radius 3 is 2.87 bits per heavy atom. The zero-order valence-electron chi connectivity index (χ0n) is 13.2. The van der Waals surface area contributed by atoms with Gasteiger partial charge in [0, 0.05) is 19.1 Å². The van der Waals surface area contributed by atoms with Crippen molar-refractivity contribution < 1.29 is 17.9 Å². The second-order valence-electron chi connectivity index (χ2n) is 6.59. The van der Waals surface area contributed by atoms with Gasteiger partial charge in [-0.1, -0.05) is 6.07 Å². The van der Waals surface area contributed by atoms with Gasteiger partial charge in [0.05, 0.1) is 5.25 Å². The van der Waals surface area contributed by atoms with E-state index in [-0.39, 0.29) is 24.0 Å². The fraction of sp³-hybridized carbons (Fsp3) is 0.625. The molecular formula is C16H22N2O4S. The molecule has 3 aliphatic heterocycles. The lowest BCUT2D eigenvalue weighted by molar-refractivity contribution is 0.173. The Labute approximate surface area is 136 Å². The molecule has 0 saturated carbocycles. The van der Waals surface area contributed by atoms with Gasteiger partial charge in [0.15, 0.2) is 11.5 Å². The Kier molecular flexibility index (Phi) is 3.74. The first-order valence-electron chi connectivity index (χ1n) is 8.17. The molecule has 4 rings (SSSR count). The lowest BCUT2D eigenvalue weighted by Crippen LogP contribution is -2.30. The van der Waals surface area contributed by atoms with E-state index in [1.807, 2.05) is 12.1 Å². The minimum Gasteiger partial charge on any atom is -0.454 e. The molecule has 0 amide bonds. The molecule has 1 aromatic carbocycles. The van der Waals surface area contributed by atoms with Crippen LogP contribution in [0.4, 0.5) is 0 Å². The zero-order chi connectivity index (χ0) is 16.0. The molecule has 2 saturated heterocycles. The summed E-state index contributed by atoms with van der Waals surface area (Å²) in [5.74, 6) is 1.84. The maximum atomic E-state index is 12.1. The van der Waals surface area contributed by atoms with E-state index in [9.17, 15) is 8.42 Å². The first kappa shape index (κ1) is 15.2. The number of nitrogens with zero attached hydrogens (tertiary/aromatic N) is 1. The van der Waals surface area contributed by atoms with Crippen LogP contribution in [0.2, 0.25) is 0 Å². The van der Waals surface area contributed by atoms with Crippen molar-refractivity contribution >= 4 is 10.0 Å².